The van der Waals surface area contributed by atoms with E-state index in [1.165, 1.54) is 12.8 Å². The second kappa shape index (κ2) is 5.30. The number of piperidine rings is 1. The van der Waals surface area contributed by atoms with Gasteiger partial charge in [-0.1, -0.05) is 6.92 Å². The molecule has 0 radical (unpaired) electrons. The Morgan fingerprint density at radius 2 is 1.90 bits per heavy atom. The topological polar surface area (TPSA) is 52.6 Å². The van der Waals surface area contributed by atoms with Crippen molar-refractivity contribution in [2.75, 3.05) is 13.1 Å². The molecule has 1 saturated heterocycles. The molecule has 0 amide bonds. The van der Waals surface area contributed by atoms with Gasteiger partial charge in [-0.15, -0.1) is 0 Å². The van der Waals surface area contributed by atoms with Crippen LogP contribution >= 0.6 is 0 Å². The third-order valence-corrected chi connectivity index (χ3v) is 5.39. The monoisotopic (exact) mass is 280 g/mol. The minimum atomic E-state index is -0.688. The molecule has 20 heavy (non-hydrogen) atoms. The minimum absolute atomic E-state index is 0.338. The number of hydrogen-bond acceptors (Lipinski definition) is 3. The summed E-state index contributed by atoms with van der Waals surface area (Å²) < 4.78 is 0. The molecule has 2 N–H and O–H groups in total. The number of rotatable bonds is 6. The van der Waals surface area contributed by atoms with Gasteiger partial charge in [-0.3, -0.25) is 15.0 Å². The number of aliphatic carboxylic acids is 1. The van der Waals surface area contributed by atoms with Crippen LogP contribution in [-0.4, -0.2) is 46.7 Å². The maximum atomic E-state index is 12.0. The van der Waals surface area contributed by atoms with Crippen molar-refractivity contribution in [3.63, 3.8) is 0 Å². The summed E-state index contributed by atoms with van der Waals surface area (Å²) in [6.07, 6.45) is 6.91. The van der Waals surface area contributed by atoms with Crippen molar-refractivity contribution in [1.29, 1.82) is 0 Å². The number of carbonyl (C=O) groups is 1. The molecule has 3 fully saturated rings. The molecule has 3 unspecified atom stereocenters. The Kier molecular flexibility index (Phi) is 3.80. The van der Waals surface area contributed by atoms with Gasteiger partial charge in [-0.25, -0.2) is 0 Å². The summed E-state index contributed by atoms with van der Waals surface area (Å²) >= 11 is 0. The SMILES string of the molecule is CC1CCC(C)N(CC(NC2CC2)(C(=O)O)C2CC2)C1. The van der Waals surface area contributed by atoms with Crippen LogP contribution in [0.5, 0.6) is 0 Å². The predicted molar refractivity (Wildman–Crippen MR) is 78.7 cm³/mol. The van der Waals surface area contributed by atoms with Crippen molar-refractivity contribution in [1.82, 2.24) is 10.2 Å². The highest BCUT2D eigenvalue weighted by atomic mass is 16.4. The Morgan fingerprint density at radius 3 is 2.45 bits per heavy atom. The highest BCUT2D eigenvalue weighted by Crippen LogP contribution is 2.43. The molecule has 1 heterocycles. The van der Waals surface area contributed by atoms with Crippen molar-refractivity contribution in [2.24, 2.45) is 11.8 Å². The van der Waals surface area contributed by atoms with Gasteiger partial charge in [-0.05, 0) is 57.3 Å². The molecule has 3 atom stereocenters. The van der Waals surface area contributed by atoms with Crippen molar-refractivity contribution in [2.45, 2.75) is 70.0 Å². The molecule has 0 bridgehead atoms. The van der Waals surface area contributed by atoms with E-state index in [-0.39, 0.29) is 0 Å². The summed E-state index contributed by atoms with van der Waals surface area (Å²) in [7, 11) is 0. The van der Waals surface area contributed by atoms with Crippen molar-refractivity contribution < 1.29 is 9.90 Å². The molecule has 3 aliphatic rings. The van der Waals surface area contributed by atoms with E-state index in [1.807, 2.05) is 0 Å². The average Bonchev–Trinajstić information content (AvgIpc) is 3.25. The fraction of sp³-hybridized carbons (Fsp3) is 0.938. The molecule has 4 heteroatoms. The zero-order chi connectivity index (χ0) is 14.3. The van der Waals surface area contributed by atoms with Crippen LogP contribution in [0.3, 0.4) is 0 Å². The Morgan fingerprint density at radius 1 is 1.20 bits per heavy atom. The van der Waals surface area contributed by atoms with Crippen LogP contribution in [0.15, 0.2) is 0 Å². The Bertz CT molecular complexity index is 379. The summed E-state index contributed by atoms with van der Waals surface area (Å²) in [5, 5.41) is 13.4. The zero-order valence-electron chi connectivity index (χ0n) is 12.8. The van der Waals surface area contributed by atoms with Crippen LogP contribution in [0.2, 0.25) is 0 Å². The van der Waals surface area contributed by atoms with Gasteiger partial charge in [0.05, 0.1) is 0 Å². The van der Waals surface area contributed by atoms with Gasteiger partial charge in [0.25, 0.3) is 0 Å². The number of hydrogen-bond donors (Lipinski definition) is 2. The van der Waals surface area contributed by atoms with Crippen LogP contribution in [0.25, 0.3) is 0 Å². The first-order chi connectivity index (χ1) is 9.51. The van der Waals surface area contributed by atoms with Gasteiger partial charge in [0.15, 0.2) is 0 Å². The van der Waals surface area contributed by atoms with E-state index in [4.69, 9.17) is 0 Å². The van der Waals surface area contributed by atoms with E-state index in [0.717, 1.165) is 32.2 Å². The molecular weight excluding hydrogens is 252 g/mol. The second-order valence-electron chi connectivity index (χ2n) is 7.43. The maximum absolute atomic E-state index is 12.0. The lowest BCUT2D eigenvalue weighted by atomic mass is 9.88. The van der Waals surface area contributed by atoms with E-state index in [0.29, 0.717) is 30.5 Å². The number of nitrogens with zero attached hydrogens (tertiary/aromatic N) is 1. The van der Waals surface area contributed by atoms with Crippen LogP contribution < -0.4 is 5.32 Å². The van der Waals surface area contributed by atoms with Crippen LogP contribution in [0.4, 0.5) is 0 Å². The van der Waals surface area contributed by atoms with Crippen LogP contribution in [-0.2, 0) is 4.79 Å². The number of nitrogens with one attached hydrogen (secondary N) is 1. The fourth-order valence-electron chi connectivity index (χ4n) is 3.69. The average molecular weight is 280 g/mol. The lowest BCUT2D eigenvalue weighted by molar-refractivity contribution is -0.147. The number of carboxylic acid groups (broad SMARTS) is 1. The van der Waals surface area contributed by atoms with Gasteiger partial charge in [0.2, 0.25) is 0 Å². The molecule has 3 rings (SSSR count). The molecule has 1 aliphatic heterocycles. The first-order valence-corrected chi connectivity index (χ1v) is 8.26. The molecule has 0 aromatic carbocycles. The normalized spacial score (nSPS) is 34.7. The van der Waals surface area contributed by atoms with Crippen LogP contribution in [0.1, 0.15) is 52.4 Å². The second-order valence-corrected chi connectivity index (χ2v) is 7.43. The van der Waals surface area contributed by atoms with Crippen LogP contribution in [0, 0.1) is 11.8 Å². The predicted octanol–water partition coefficient (Wildman–Crippen LogP) is 2.09. The van der Waals surface area contributed by atoms with E-state index < -0.39 is 11.5 Å². The van der Waals surface area contributed by atoms with E-state index in [2.05, 4.69) is 24.1 Å². The van der Waals surface area contributed by atoms with Gasteiger partial charge >= 0.3 is 5.97 Å². The lowest BCUT2D eigenvalue weighted by Gasteiger charge is -2.43. The zero-order valence-corrected chi connectivity index (χ0v) is 12.8. The first kappa shape index (κ1) is 14.3. The molecule has 4 nitrogen and oxygen atoms in total. The molecule has 0 spiro atoms. The molecule has 0 aromatic heterocycles. The molecular formula is C16H28N2O2. The Labute approximate surface area is 121 Å². The van der Waals surface area contributed by atoms with Gasteiger partial charge in [0, 0.05) is 25.2 Å². The number of carboxylic acids is 1. The molecule has 114 valence electrons. The van der Waals surface area contributed by atoms with E-state index in [1.54, 1.807) is 0 Å². The molecule has 2 aliphatic carbocycles. The van der Waals surface area contributed by atoms with Crippen molar-refractivity contribution in [3.05, 3.63) is 0 Å². The van der Waals surface area contributed by atoms with E-state index in [9.17, 15) is 9.90 Å². The Balaban J connectivity index is 1.75. The van der Waals surface area contributed by atoms with Gasteiger partial charge in [0.1, 0.15) is 5.54 Å². The third-order valence-electron chi connectivity index (χ3n) is 5.39. The highest BCUT2D eigenvalue weighted by Gasteiger charge is 2.54. The maximum Gasteiger partial charge on any atom is 0.325 e. The quantitative estimate of drug-likeness (QED) is 0.782. The highest BCUT2D eigenvalue weighted by molar-refractivity contribution is 5.80. The van der Waals surface area contributed by atoms with Crippen molar-refractivity contribution >= 4 is 5.97 Å². The standard InChI is InChI=1S/C16H28N2O2/c1-11-3-4-12(2)18(9-11)10-16(15(19)20,13-5-6-13)17-14-7-8-14/h11-14,17H,3-10H2,1-2H3,(H,19,20). The van der Waals surface area contributed by atoms with Gasteiger partial charge < -0.3 is 5.11 Å². The number of likely N-dealkylation sites (tertiary alicyclic amines) is 1. The third kappa shape index (κ3) is 2.86. The summed E-state index contributed by atoms with van der Waals surface area (Å²) in [4.78, 5) is 14.5. The molecule has 0 aromatic rings. The largest absolute Gasteiger partial charge is 0.480 e. The van der Waals surface area contributed by atoms with E-state index >= 15 is 0 Å². The van der Waals surface area contributed by atoms with Gasteiger partial charge in [-0.2, -0.15) is 0 Å². The Hall–Kier alpha value is -0.610. The summed E-state index contributed by atoms with van der Waals surface area (Å²) in [6.45, 7) is 6.28. The summed E-state index contributed by atoms with van der Waals surface area (Å²) in [6, 6.07) is 0.967. The fourth-order valence-corrected chi connectivity index (χ4v) is 3.69. The minimum Gasteiger partial charge on any atom is -0.480 e. The molecule has 2 saturated carbocycles. The van der Waals surface area contributed by atoms with Crippen molar-refractivity contribution in [3.8, 4) is 0 Å². The lowest BCUT2D eigenvalue weighted by Crippen LogP contribution is -2.63. The first-order valence-electron chi connectivity index (χ1n) is 8.26. The summed E-state index contributed by atoms with van der Waals surface area (Å²) in [5.74, 6) is 0.403. The smallest absolute Gasteiger partial charge is 0.325 e. The summed E-state index contributed by atoms with van der Waals surface area (Å²) in [5.41, 5.74) is -0.688.